The van der Waals surface area contributed by atoms with Crippen LogP contribution >= 0.6 is 11.6 Å². The molecule has 0 spiro atoms. The second kappa shape index (κ2) is 16.0. The van der Waals surface area contributed by atoms with Crippen molar-refractivity contribution < 1.29 is 9.53 Å². The fourth-order valence-corrected chi connectivity index (χ4v) is 7.92. The van der Waals surface area contributed by atoms with Gasteiger partial charge in [-0.2, -0.15) is 5.26 Å². The van der Waals surface area contributed by atoms with Crippen LogP contribution in [0.1, 0.15) is 56.2 Å². The van der Waals surface area contributed by atoms with Gasteiger partial charge in [-0.05, 0) is 105 Å². The number of piperazine rings is 1. The van der Waals surface area contributed by atoms with Crippen LogP contribution in [0.15, 0.2) is 59.2 Å². The molecule has 9 nitrogen and oxygen atoms in total. The highest BCUT2D eigenvalue weighted by molar-refractivity contribution is 6.30. The van der Waals surface area contributed by atoms with Crippen LogP contribution in [0, 0.1) is 17.2 Å². The molecule has 1 N–H and O–H groups in total. The minimum atomic E-state index is -0.315. The maximum atomic E-state index is 10.8. The second-order valence-corrected chi connectivity index (χ2v) is 14.7. The molecule has 1 unspecified atom stereocenters. The van der Waals surface area contributed by atoms with Crippen molar-refractivity contribution in [3.8, 4) is 11.8 Å². The van der Waals surface area contributed by atoms with Crippen molar-refractivity contribution in [1.29, 1.82) is 5.26 Å². The summed E-state index contributed by atoms with van der Waals surface area (Å²) in [7, 11) is 0. The summed E-state index contributed by atoms with van der Waals surface area (Å²) in [4.78, 5) is 25.7. The third-order valence-electron chi connectivity index (χ3n) is 10.9. The van der Waals surface area contributed by atoms with Crippen molar-refractivity contribution in [3.05, 3.63) is 76.0 Å². The van der Waals surface area contributed by atoms with Crippen molar-refractivity contribution in [1.82, 2.24) is 24.9 Å². The van der Waals surface area contributed by atoms with Gasteiger partial charge in [0.1, 0.15) is 18.6 Å². The molecule has 2 aromatic carbocycles. The maximum Gasteiger partial charge on any atom is 0.176 e. The van der Waals surface area contributed by atoms with Gasteiger partial charge < -0.3 is 19.7 Å². The zero-order valence-corrected chi connectivity index (χ0v) is 29.2. The third-order valence-corrected chi connectivity index (χ3v) is 11.1. The number of nitriles is 1. The summed E-state index contributed by atoms with van der Waals surface area (Å²) in [6, 6.07) is 16.6. The summed E-state index contributed by atoms with van der Waals surface area (Å²) in [5, 5.41) is 13.5. The number of nitrogens with one attached hydrogen (secondary N) is 1. The van der Waals surface area contributed by atoms with Crippen molar-refractivity contribution in [2.24, 2.45) is 10.9 Å². The molecule has 48 heavy (non-hydrogen) atoms. The van der Waals surface area contributed by atoms with Crippen LogP contribution in [0.4, 0.5) is 0 Å². The molecular weight excluding hydrogens is 622 g/mol. The van der Waals surface area contributed by atoms with E-state index in [0.717, 1.165) is 74.0 Å². The number of hydrogen-bond donors (Lipinski definition) is 1. The first-order valence-electron chi connectivity index (χ1n) is 17.6. The molecule has 3 saturated heterocycles. The molecular formula is C38H50ClN7O2. The molecule has 0 amide bonds. The summed E-state index contributed by atoms with van der Waals surface area (Å²) in [6.07, 6.45) is 9.84. The number of rotatable bonds is 11. The van der Waals surface area contributed by atoms with E-state index in [1.807, 2.05) is 36.6 Å². The molecule has 4 aliphatic rings. The van der Waals surface area contributed by atoms with E-state index >= 15 is 0 Å². The van der Waals surface area contributed by atoms with E-state index in [2.05, 4.69) is 57.0 Å². The number of likely N-dealkylation sites (tertiary alicyclic amines) is 2. The summed E-state index contributed by atoms with van der Waals surface area (Å²) in [5.41, 5.74) is 3.40. The largest absolute Gasteiger partial charge is 0.487 e. The Morgan fingerprint density at radius 2 is 1.62 bits per heavy atom. The first-order valence-corrected chi connectivity index (χ1v) is 18.0. The SMILES string of the molecule is CC(C)(c1ccc(OCC2=CC=NC(N3CCN(C4CCN(CC5CCN(CC=O)CC5)CC4)CC3)N2)cc1)c1cc(Cl)cc(C#N)c1. The van der Waals surface area contributed by atoms with Gasteiger partial charge in [0.15, 0.2) is 6.29 Å². The van der Waals surface area contributed by atoms with Crippen molar-refractivity contribution in [3.63, 3.8) is 0 Å². The lowest BCUT2D eigenvalue weighted by Gasteiger charge is -2.45. The zero-order valence-electron chi connectivity index (χ0n) is 28.5. The first kappa shape index (κ1) is 34.6. The van der Waals surface area contributed by atoms with Gasteiger partial charge in [-0.1, -0.05) is 37.6 Å². The molecule has 1 atom stereocenters. The molecule has 0 aliphatic carbocycles. The lowest BCUT2D eigenvalue weighted by atomic mass is 9.78. The quantitative estimate of drug-likeness (QED) is 0.343. The highest BCUT2D eigenvalue weighted by Crippen LogP contribution is 2.34. The fourth-order valence-electron chi connectivity index (χ4n) is 7.69. The number of allylic oxidation sites excluding steroid dienone is 1. The number of aldehydes is 1. The van der Waals surface area contributed by atoms with Crippen LogP contribution in [0.5, 0.6) is 5.75 Å². The van der Waals surface area contributed by atoms with E-state index < -0.39 is 0 Å². The van der Waals surface area contributed by atoms with E-state index in [1.165, 1.54) is 45.3 Å². The summed E-state index contributed by atoms with van der Waals surface area (Å²) < 4.78 is 6.18. The Hall–Kier alpha value is -3.26. The monoisotopic (exact) mass is 671 g/mol. The standard InChI is InChI=1S/C38H50ClN7O2/c1-38(2,32-23-30(26-40)24-33(39)25-32)31-3-5-36(6-4-31)48-28-34-7-12-41-37(42-34)46-19-17-45(18-20-46)35-10-15-44(16-11-35)27-29-8-13-43(14-9-29)21-22-47/h3-7,12,22-25,29,35,37,42H,8-11,13-21,27-28H2,1-2H3. The number of benzene rings is 2. The second-order valence-electron chi connectivity index (χ2n) is 14.3. The minimum Gasteiger partial charge on any atom is -0.487 e. The van der Waals surface area contributed by atoms with Crippen LogP contribution in [0.3, 0.4) is 0 Å². The van der Waals surface area contributed by atoms with E-state index in [1.54, 1.807) is 6.07 Å². The van der Waals surface area contributed by atoms with Crippen LogP contribution in [0.25, 0.3) is 0 Å². The number of halogens is 1. The smallest absolute Gasteiger partial charge is 0.176 e. The Bertz CT molecular complexity index is 1480. The molecule has 4 heterocycles. The molecule has 3 fully saturated rings. The Balaban J connectivity index is 0.914. The Labute approximate surface area is 291 Å². The molecule has 0 radical (unpaired) electrons. The molecule has 2 aromatic rings. The summed E-state index contributed by atoms with van der Waals surface area (Å²) in [6.45, 7) is 15.2. The van der Waals surface area contributed by atoms with Crippen LogP contribution in [-0.4, -0.2) is 116 Å². The van der Waals surface area contributed by atoms with Gasteiger partial charge in [0.25, 0.3) is 0 Å². The molecule has 4 aliphatic heterocycles. The molecule has 6 rings (SSSR count). The third kappa shape index (κ3) is 8.66. The van der Waals surface area contributed by atoms with Gasteiger partial charge in [-0.15, -0.1) is 0 Å². The lowest BCUT2D eigenvalue weighted by Crippen LogP contribution is -2.57. The average molecular weight is 672 g/mol. The van der Waals surface area contributed by atoms with Crippen LogP contribution in [-0.2, 0) is 10.2 Å². The van der Waals surface area contributed by atoms with Crippen LogP contribution in [0.2, 0.25) is 5.02 Å². The maximum absolute atomic E-state index is 10.8. The Morgan fingerprint density at radius 1 is 0.938 bits per heavy atom. The van der Waals surface area contributed by atoms with Gasteiger partial charge >= 0.3 is 0 Å². The predicted octanol–water partition coefficient (Wildman–Crippen LogP) is 4.75. The van der Waals surface area contributed by atoms with E-state index in [-0.39, 0.29) is 11.7 Å². The van der Waals surface area contributed by atoms with E-state index in [4.69, 9.17) is 21.3 Å². The van der Waals surface area contributed by atoms with Gasteiger partial charge in [0.05, 0.1) is 23.9 Å². The molecule has 256 valence electrons. The normalized spacial score (nSPS) is 22.5. The lowest BCUT2D eigenvalue weighted by molar-refractivity contribution is -0.109. The number of ether oxygens (including phenoxy) is 1. The fraction of sp³-hybridized carbons (Fsp3) is 0.553. The first-order chi connectivity index (χ1) is 23.3. The van der Waals surface area contributed by atoms with Gasteiger partial charge in [-0.3, -0.25) is 19.7 Å². The molecule has 0 saturated carbocycles. The van der Waals surface area contributed by atoms with Gasteiger partial charge in [0.2, 0.25) is 0 Å². The highest BCUT2D eigenvalue weighted by Gasteiger charge is 2.31. The average Bonchev–Trinajstić information content (AvgIpc) is 3.12. The number of nitrogens with zero attached hydrogens (tertiary/aromatic N) is 6. The van der Waals surface area contributed by atoms with Crippen molar-refractivity contribution in [2.75, 3.05) is 72.1 Å². The van der Waals surface area contributed by atoms with E-state index in [0.29, 0.717) is 29.8 Å². The molecule has 10 heteroatoms. The predicted molar refractivity (Wildman–Crippen MR) is 192 cm³/mol. The topological polar surface area (TPSA) is 87.4 Å². The summed E-state index contributed by atoms with van der Waals surface area (Å²) >= 11 is 6.29. The summed E-state index contributed by atoms with van der Waals surface area (Å²) in [5.74, 6) is 1.58. The molecule has 0 bridgehead atoms. The van der Waals surface area contributed by atoms with Gasteiger partial charge in [0, 0.05) is 55.4 Å². The zero-order chi connectivity index (χ0) is 33.5. The van der Waals surface area contributed by atoms with Crippen LogP contribution < -0.4 is 10.1 Å². The number of hydrogen-bond acceptors (Lipinski definition) is 9. The number of carbonyl (C=O) groups excluding carboxylic acids is 1. The Kier molecular flexibility index (Phi) is 11.5. The van der Waals surface area contributed by atoms with E-state index in [9.17, 15) is 10.1 Å². The van der Waals surface area contributed by atoms with Crippen molar-refractivity contribution in [2.45, 2.75) is 57.3 Å². The number of aliphatic imine (C=N–C) groups is 1. The van der Waals surface area contributed by atoms with Crippen molar-refractivity contribution >= 4 is 24.1 Å². The van der Waals surface area contributed by atoms with Gasteiger partial charge in [-0.25, -0.2) is 0 Å². The minimum absolute atomic E-state index is 0.0604. The molecule has 0 aromatic heterocycles. The highest BCUT2D eigenvalue weighted by atomic mass is 35.5. The Morgan fingerprint density at radius 3 is 2.31 bits per heavy atom. The number of piperidine rings is 2. The number of carbonyl (C=O) groups is 1.